The van der Waals surface area contributed by atoms with Crippen LogP contribution in [0.1, 0.15) is 79.8 Å². The lowest BCUT2D eigenvalue weighted by atomic mass is 9.46. The maximum absolute atomic E-state index is 13.0. The lowest BCUT2D eigenvalue weighted by Crippen LogP contribution is -2.52. The van der Waals surface area contributed by atoms with Crippen LogP contribution in [0.25, 0.3) is 0 Å². The predicted octanol–water partition coefficient (Wildman–Crippen LogP) is 5.20. The molecule has 7 heteroatoms. The van der Waals surface area contributed by atoms with Crippen LogP contribution in [0.4, 0.5) is 0 Å². The van der Waals surface area contributed by atoms with Gasteiger partial charge in [0.1, 0.15) is 11.9 Å². The number of esters is 1. The van der Waals surface area contributed by atoms with Gasteiger partial charge in [-0.1, -0.05) is 19.9 Å². The number of primary sulfonamides is 1. The first kappa shape index (κ1) is 24.3. The lowest BCUT2D eigenvalue weighted by molar-refractivity contribution is -0.0842. The zero-order valence-corrected chi connectivity index (χ0v) is 21.6. The molecule has 2 fully saturated rings. The van der Waals surface area contributed by atoms with Gasteiger partial charge in [-0.25, -0.2) is 18.4 Å². The molecule has 2 aromatic rings. The number of carbonyl (C=O) groups is 1. The van der Waals surface area contributed by atoms with Gasteiger partial charge in [-0.3, -0.25) is 0 Å². The van der Waals surface area contributed by atoms with Crippen molar-refractivity contribution in [1.29, 1.82) is 0 Å². The number of ether oxygens (including phenoxy) is 2. The summed E-state index contributed by atoms with van der Waals surface area (Å²) in [5.74, 6) is 1.56. The maximum Gasteiger partial charge on any atom is 0.338 e. The largest absolute Gasteiger partial charge is 0.497 e. The molecular weight excluding hydrogens is 462 g/mol. The van der Waals surface area contributed by atoms with Crippen LogP contribution in [0, 0.1) is 16.7 Å². The van der Waals surface area contributed by atoms with E-state index in [0.29, 0.717) is 17.4 Å². The molecule has 0 radical (unpaired) electrons. The highest BCUT2D eigenvalue weighted by atomic mass is 32.2. The summed E-state index contributed by atoms with van der Waals surface area (Å²) in [6.07, 6.45) is 7.25. The van der Waals surface area contributed by atoms with Crippen LogP contribution < -0.4 is 9.88 Å². The Morgan fingerprint density at radius 1 is 1.09 bits per heavy atom. The second kappa shape index (κ2) is 8.63. The number of aryl methyl sites for hydroxylation is 1. The fraction of sp³-hybridized carbons (Fsp3) is 0.536. The topological polar surface area (TPSA) is 95.7 Å². The number of sulfonamides is 1. The number of rotatable bonds is 5. The van der Waals surface area contributed by atoms with Gasteiger partial charge in [-0.2, -0.15) is 0 Å². The quantitative estimate of drug-likeness (QED) is 0.573. The number of hydrogen-bond acceptors (Lipinski definition) is 5. The van der Waals surface area contributed by atoms with Gasteiger partial charge in [-0.05, 0) is 110 Å². The molecule has 0 aliphatic heterocycles. The molecule has 0 spiro atoms. The van der Waals surface area contributed by atoms with Crippen molar-refractivity contribution in [2.45, 2.75) is 75.7 Å². The van der Waals surface area contributed by atoms with Crippen LogP contribution >= 0.6 is 0 Å². The third kappa shape index (κ3) is 3.87. The molecule has 6 nitrogen and oxygen atoms in total. The van der Waals surface area contributed by atoms with Crippen LogP contribution in [0.15, 0.2) is 47.4 Å². The molecule has 0 unspecified atom stereocenters. The highest BCUT2D eigenvalue weighted by molar-refractivity contribution is 7.89. The molecular formula is C28H35NO5S. The summed E-state index contributed by atoms with van der Waals surface area (Å²) >= 11 is 0. The molecule has 0 amide bonds. The minimum absolute atomic E-state index is 0.0136. The van der Waals surface area contributed by atoms with E-state index in [9.17, 15) is 13.2 Å². The molecule has 5 rings (SSSR count). The molecule has 0 heterocycles. The molecule has 3 aliphatic carbocycles. The van der Waals surface area contributed by atoms with Crippen molar-refractivity contribution >= 4 is 16.0 Å². The van der Waals surface area contributed by atoms with Crippen LogP contribution in [0.5, 0.6) is 5.75 Å². The summed E-state index contributed by atoms with van der Waals surface area (Å²) < 4.78 is 34.7. The van der Waals surface area contributed by atoms with Gasteiger partial charge in [0.25, 0.3) is 0 Å². The lowest BCUT2D eigenvalue weighted by Gasteiger charge is -2.58. The molecule has 2 N–H and O–H groups in total. The van der Waals surface area contributed by atoms with Gasteiger partial charge in [0, 0.05) is 5.41 Å². The highest BCUT2D eigenvalue weighted by Gasteiger charge is 2.62. The Morgan fingerprint density at radius 2 is 1.83 bits per heavy atom. The van der Waals surface area contributed by atoms with Gasteiger partial charge in [0.15, 0.2) is 0 Å². The molecule has 2 aromatic carbocycles. The molecule has 0 saturated heterocycles. The Kier molecular flexibility index (Phi) is 5.99. The van der Waals surface area contributed by atoms with E-state index in [1.54, 1.807) is 7.11 Å². The van der Waals surface area contributed by atoms with E-state index in [1.807, 2.05) is 0 Å². The van der Waals surface area contributed by atoms with Crippen molar-refractivity contribution in [3.05, 3.63) is 59.2 Å². The standard InChI is InChI=1S/C28H35NO5S/c1-4-28-16-13-19-17-20(33-3)7-10-22(19)23(28)14-15-27(2)24(28)11-12-25(27)34-26(30)18-5-8-21(9-6-18)35(29,31)32/h5-10,17,23-25H,4,11-16H2,1-3H3,(H2,29,31,32)/t23-,24-,25+,27+,28-/m1/s1. The van der Waals surface area contributed by atoms with Crippen molar-refractivity contribution in [3.8, 4) is 5.75 Å². The zero-order valence-electron chi connectivity index (χ0n) is 20.8. The fourth-order valence-corrected chi connectivity index (χ4v) is 8.27. The average molecular weight is 498 g/mol. The van der Waals surface area contributed by atoms with E-state index in [2.05, 4.69) is 32.0 Å². The van der Waals surface area contributed by atoms with Crippen LogP contribution in [0.3, 0.4) is 0 Å². The minimum Gasteiger partial charge on any atom is -0.497 e. The summed E-state index contributed by atoms with van der Waals surface area (Å²) in [6, 6.07) is 12.3. The van der Waals surface area contributed by atoms with Gasteiger partial charge >= 0.3 is 5.97 Å². The molecule has 2 saturated carbocycles. The summed E-state index contributed by atoms with van der Waals surface area (Å²) in [4.78, 5) is 13.0. The molecule has 5 atom stereocenters. The summed E-state index contributed by atoms with van der Waals surface area (Å²) in [7, 11) is -2.08. The second-order valence-corrected chi connectivity index (χ2v) is 12.4. The molecule has 188 valence electrons. The Bertz CT molecular complexity index is 1240. The molecule has 0 bridgehead atoms. The SMILES string of the molecule is CC[C@@]12CCc3cc(OC)ccc3[C@H]1CC[C@]1(C)[C@@H](OC(=O)c3ccc(S(N)(=O)=O)cc3)CC[C@H]12. The Labute approximate surface area is 208 Å². The van der Waals surface area contributed by atoms with E-state index < -0.39 is 16.0 Å². The Balaban J connectivity index is 1.39. The fourth-order valence-electron chi connectivity index (χ4n) is 7.75. The number of nitrogens with two attached hydrogens (primary N) is 1. The summed E-state index contributed by atoms with van der Waals surface area (Å²) in [5, 5.41) is 5.18. The second-order valence-electron chi connectivity index (χ2n) is 10.8. The third-order valence-electron chi connectivity index (χ3n) is 9.52. The zero-order chi connectivity index (χ0) is 25.0. The normalized spacial score (nSPS) is 31.7. The van der Waals surface area contributed by atoms with Crippen molar-refractivity contribution in [2.24, 2.45) is 21.9 Å². The van der Waals surface area contributed by atoms with Crippen LogP contribution in [-0.2, 0) is 21.2 Å². The smallest absolute Gasteiger partial charge is 0.338 e. The Morgan fingerprint density at radius 3 is 2.49 bits per heavy atom. The molecule has 3 aliphatic rings. The summed E-state index contributed by atoms with van der Waals surface area (Å²) in [5.41, 5.74) is 3.41. The first-order valence-electron chi connectivity index (χ1n) is 12.6. The van der Waals surface area contributed by atoms with Gasteiger partial charge in [-0.15, -0.1) is 0 Å². The van der Waals surface area contributed by atoms with E-state index in [1.165, 1.54) is 35.4 Å². The van der Waals surface area contributed by atoms with Gasteiger partial charge in [0.05, 0.1) is 17.6 Å². The highest BCUT2D eigenvalue weighted by Crippen LogP contribution is 2.68. The van der Waals surface area contributed by atoms with Crippen LogP contribution in [-0.4, -0.2) is 27.6 Å². The van der Waals surface area contributed by atoms with Gasteiger partial charge < -0.3 is 9.47 Å². The van der Waals surface area contributed by atoms with E-state index in [-0.39, 0.29) is 21.8 Å². The number of benzene rings is 2. The Hall–Kier alpha value is -2.38. The monoisotopic (exact) mass is 497 g/mol. The predicted molar refractivity (Wildman–Crippen MR) is 134 cm³/mol. The van der Waals surface area contributed by atoms with E-state index >= 15 is 0 Å². The number of methoxy groups -OCH3 is 1. The summed E-state index contributed by atoms with van der Waals surface area (Å²) in [6.45, 7) is 4.66. The van der Waals surface area contributed by atoms with E-state index in [4.69, 9.17) is 14.6 Å². The van der Waals surface area contributed by atoms with Crippen molar-refractivity contribution in [2.75, 3.05) is 7.11 Å². The van der Waals surface area contributed by atoms with E-state index in [0.717, 1.165) is 50.7 Å². The minimum atomic E-state index is -3.80. The first-order valence-corrected chi connectivity index (χ1v) is 14.2. The number of fused-ring (bicyclic) bond motifs is 5. The number of hydrogen-bond donors (Lipinski definition) is 1. The average Bonchev–Trinajstić information content (AvgIpc) is 3.19. The first-order chi connectivity index (χ1) is 16.6. The van der Waals surface area contributed by atoms with Crippen molar-refractivity contribution < 1.29 is 22.7 Å². The molecule has 35 heavy (non-hydrogen) atoms. The number of carbonyl (C=O) groups excluding carboxylic acids is 1. The van der Waals surface area contributed by atoms with Crippen molar-refractivity contribution in [3.63, 3.8) is 0 Å². The molecule has 0 aromatic heterocycles. The maximum atomic E-state index is 13.0. The van der Waals surface area contributed by atoms with Crippen LogP contribution in [0.2, 0.25) is 0 Å². The van der Waals surface area contributed by atoms with Crippen molar-refractivity contribution in [1.82, 2.24) is 0 Å². The van der Waals surface area contributed by atoms with Gasteiger partial charge in [0.2, 0.25) is 10.0 Å². The third-order valence-corrected chi connectivity index (χ3v) is 10.4.